The van der Waals surface area contributed by atoms with E-state index in [1.807, 2.05) is 95.6 Å². The van der Waals surface area contributed by atoms with Crippen molar-refractivity contribution in [1.82, 2.24) is 24.1 Å². The number of rotatable bonds is 5. The Morgan fingerprint density at radius 2 is 0.960 bits per heavy atom. The Kier molecular flexibility index (Phi) is 5.35. The van der Waals surface area contributed by atoms with Gasteiger partial charge in [0.2, 0.25) is 5.95 Å². The first-order valence-corrected chi connectivity index (χ1v) is 16.4. The van der Waals surface area contributed by atoms with E-state index in [-0.39, 0.29) is 29.4 Å². The first kappa shape index (κ1) is 23.5. The fraction of sp³-hybridized carbons (Fsp3) is 0. The number of hydrogen-bond acceptors (Lipinski definition) is 3. The predicted octanol–water partition coefficient (Wildman–Crippen LogP) is 11.1. The van der Waals surface area contributed by atoms with Crippen LogP contribution in [0, 0.1) is 0 Å². The van der Waals surface area contributed by atoms with Gasteiger partial charge in [-0.25, -0.2) is 4.98 Å². The first-order valence-electron chi connectivity index (χ1n) is 18.9. The lowest BCUT2D eigenvalue weighted by Gasteiger charge is -2.13. The Morgan fingerprint density at radius 3 is 1.68 bits per heavy atom. The molecule has 0 unspecified atom stereocenters. The summed E-state index contributed by atoms with van der Waals surface area (Å²) in [6.45, 7) is 0. The van der Waals surface area contributed by atoms with Gasteiger partial charge >= 0.3 is 0 Å². The highest BCUT2D eigenvalue weighted by Crippen LogP contribution is 2.40. The summed E-state index contributed by atoms with van der Waals surface area (Å²) in [6, 6.07) is 46.7. The molecule has 0 radical (unpaired) electrons. The Bertz CT molecular complexity index is 3130. The lowest BCUT2D eigenvalue weighted by molar-refractivity contribution is 0.954. The highest BCUT2D eigenvalue weighted by molar-refractivity contribution is 6.19. The molecule has 0 amide bonds. The third-order valence-corrected chi connectivity index (χ3v) is 9.28. The molecule has 0 N–H and O–H groups in total. The molecule has 0 fully saturated rings. The average molecular weight is 645 g/mol. The Hall–Kier alpha value is -6.85. The second-order valence-electron chi connectivity index (χ2n) is 12.1. The van der Waals surface area contributed by atoms with Gasteiger partial charge < -0.3 is 4.57 Å². The molecule has 0 bridgehead atoms. The fourth-order valence-corrected chi connectivity index (χ4v) is 7.11. The smallest absolute Gasteiger partial charge is 0.238 e. The first-order chi connectivity index (χ1) is 26.9. The zero-order valence-electron chi connectivity index (χ0n) is 31.6. The molecule has 10 rings (SSSR count). The fourth-order valence-electron chi connectivity index (χ4n) is 7.11. The molecule has 0 atom stereocenters. The molecular weight excluding hydrogens is 611 g/mol. The van der Waals surface area contributed by atoms with Crippen LogP contribution < -0.4 is 0 Å². The minimum absolute atomic E-state index is 0.0229. The third kappa shape index (κ3) is 4.45. The normalized spacial score (nSPS) is 13.0. The summed E-state index contributed by atoms with van der Waals surface area (Å²) in [5.74, 6) is 0.532. The molecular formula is C45H29N5. The van der Waals surface area contributed by atoms with Gasteiger partial charge in [-0.1, -0.05) is 139 Å². The highest BCUT2D eigenvalue weighted by Gasteiger charge is 2.21. The predicted molar refractivity (Wildman–Crippen MR) is 205 cm³/mol. The second kappa shape index (κ2) is 11.4. The largest absolute Gasteiger partial charge is 0.309 e. The van der Waals surface area contributed by atoms with E-state index < -0.39 is 18.1 Å². The van der Waals surface area contributed by atoms with Crippen LogP contribution in [0.15, 0.2) is 176 Å². The molecule has 0 aliphatic carbocycles. The van der Waals surface area contributed by atoms with Crippen LogP contribution in [-0.2, 0) is 0 Å². The molecule has 0 saturated heterocycles. The molecule has 10 aromatic rings. The van der Waals surface area contributed by atoms with Crippen molar-refractivity contribution >= 4 is 43.6 Å². The zero-order valence-corrected chi connectivity index (χ0v) is 26.6. The van der Waals surface area contributed by atoms with E-state index in [9.17, 15) is 0 Å². The number of benzene rings is 7. The molecule has 5 nitrogen and oxygen atoms in total. The quantitative estimate of drug-likeness (QED) is 0.187. The maximum absolute atomic E-state index is 8.90. The van der Waals surface area contributed by atoms with E-state index in [2.05, 4.69) is 59.2 Å². The molecule has 3 aromatic heterocycles. The topological polar surface area (TPSA) is 48.5 Å². The zero-order chi connectivity index (χ0) is 37.4. The molecule has 7 aromatic carbocycles. The van der Waals surface area contributed by atoms with Gasteiger partial charge in [-0.15, -0.1) is 0 Å². The van der Waals surface area contributed by atoms with Crippen LogP contribution in [0.25, 0.3) is 89.2 Å². The number of aromatic nitrogens is 5. The van der Waals surface area contributed by atoms with Crippen LogP contribution in [0.5, 0.6) is 0 Å². The minimum atomic E-state index is -0.483. The van der Waals surface area contributed by atoms with Crippen molar-refractivity contribution < 1.29 is 6.85 Å². The van der Waals surface area contributed by atoms with Crippen LogP contribution in [0.3, 0.4) is 0 Å². The van der Waals surface area contributed by atoms with Gasteiger partial charge in [0, 0.05) is 38.4 Å². The van der Waals surface area contributed by atoms with Crippen molar-refractivity contribution in [1.29, 1.82) is 0 Å². The van der Waals surface area contributed by atoms with Gasteiger partial charge in [0.15, 0.2) is 11.6 Å². The monoisotopic (exact) mass is 644 g/mol. The van der Waals surface area contributed by atoms with Gasteiger partial charge in [-0.2, -0.15) is 9.97 Å². The van der Waals surface area contributed by atoms with Crippen molar-refractivity contribution in [2.24, 2.45) is 0 Å². The van der Waals surface area contributed by atoms with Gasteiger partial charge in [-0.3, -0.25) is 4.57 Å². The molecule has 0 aliphatic heterocycles. The molecule has 234 valence electrons. The average Bonchev–Trinajstić information content (AvgIpc) is 3.74. The van der Waals surface area contributed by atoms with Crippen LogP contribution >= 0.6 is 0 Å². The van der Waals surface area contributed by atoms with Crippen molar-refractivity contribution in [2.45, 2.75) is 0 Å². The maximum Gasteiger partial charge on any atom is 0.238 e. The molecule has 5 heteroatoms. The summed E-state index contributed by atoms with van der Waals surface area (Å²) >= 11 is 0. The summed E-state index contributed by atoms with van der Waals surface area (Å²) < 4.78 is 47.3. The van der Waals surface area contributed by atoms with Crippen LogP contribution in [0.4, 0.5) is 0 Å². The van der Waals surface area contributed by atoms with Crippen molar-refractivity contribution in [3.8, 4) is 45.5 Å². The lowest BCUT2D eigenvalue weighted by atomic mass is 9.99. The highest BCUT2D eigenvalue weighted by atomic mass is 15.2. The van der Waals surface area contributed by atoms with E-state index in [1.165, 1.54) is 0 Å². The van der Waals surface area contributed by atoms with Crippen LogP contribution in [-0.4, -0.2) is 24.1 Å². The molecule has 0 aliphatic rings. The van der Waals surface area contributed by atoms with E-state index >= 15 is 0 Å². The van der Waals surface area contributed by atoms with Crippen molar-refractivity contribution in [2.75, 3.05) is 0 Å². The summed E-state index contributed by atoms with van der Waals surface area (Å²) in [5.41, 5.74) is 7.24. The summed E-state index contributed by atoms with van der Waals surface area (Å²) in [4.78, 5) is 15.0. The van der Waals surface area contributed by atoms with Gasteiger partial charge in [0.05, 0.1) is 28.9 Å². The van der Waals surface area contributed by atoms with Crippen molar-refractivity contribution in [3.63, 3.8) is 0 Å². The minimum Gasteiger partial charge on any atom is -0.309 e. The molecule has 0 saturated carbocycles. The number of hydrogen-bond donors (Lipinski definition) is 0. The van der Waals surface area contributed by atoms with Crippen LogP contribution in [0.1, 0.15) is 6.85 Å². The lowest BCUT2D eigenvalue weighted by Crippen LogP contribution is -2.07. The SMILES string of the molecule is [2H]c1c([2H])c([2H])c(-c2nc(-c3ccccc3-c3ccccc3)nc(-n3c4ccccc4c4cc5c6ccccc6n(-c6ccccc6)c5cc43)n2)c([2H])c1[2H]. The Balaban J connectivity index is 1.34. The van der Waals surface area contributed by atoms with E-state index in [0.717, 1.165) is 60.4 Å². The standard InChI is InChI=1S/C45H29N5/c1-4-16-30(17-5-1)33-22-10-11-25-36(33)44-46-43(31-18-6-2-7-19-31)47-45(48-44)50-40-27-15-13-24-35(40)38-28-37-34-23-12-14-26-39(34)49(41(37)29-42(38)50)32-20-8-3-9-21-32/h1-29H/i2D,6D,7D,18D,19D. The summed E-state index contributed by atoms with van der Waals surface area (Å²) in [5, 5.41) is 4.22. The third-order valence-electron chi connectivity index (χ3n) is 9.28. The van der Waals surface area contributed by atoms with E-state index in [1.54, 1.807) is 0 Å². The van der Waals surface area contributed by atoms with Gasteiger partial charge in [-0.05, 0) is 47.5 Å². The van der Waals surface area contributed by atoms with E-state index in [4.69, 9.17) is 21.8 Å². The maximum atomic E-state index is 8.90. The second-order valence-corrected chi connectivity index (χ2v) is 12.1. The summed E-state index contributed by atoms with van der Waals surface area (Å²) in [6.07, 6.45) is 0. The molecule has 50 heavy (non-hydrogen) atoms. The molecule has 0 spiro atoms. The molecule has 3 heterocycles. The van der Waals surface area contributed by atoms with Crippen LogP contribution in [0.2, 0.25) is 0 Å². The Morgan fingerprint density at radius 1 is 0.400 bits per heavy atom. The number of fused-ring (bicyclic) bond motifs is 6. The van der Waals surface area contributed by atoms with Gasteiger partial charge in [0.25, 0.3) is 0 Å². The number of para-hydroxylation sites is 3. The summed E-state index contributed by atoms with van der Waals surface area (Å²) in [7, 11) is 0. The number of nitrogens with zero attached hydrogens (tertiary/aromatic N) is 5. The van der Waals surface area contributed by atoms with E-state index in [0.29, 0.717) is 11.4 Å². The van der Waals surface area contributed by atoms with Gasteiger partial charge in [0.1, 0.15) is 0 Å². The Labute approximate surface area is 295 Å². The van der Waals surface area contributed by atoms with Crippen molar-refractivity contribution in [3.05, 3.63) is 176 Å².